The van der Waals surface area contributed by atoms with Crippen LogP contribution in [-0.2, 0) is 27.5 Å². The molecule has 7 nitrogen and oxygen atoms in total. The molecule has 0 bridgehead atoms. The van der Waals surface area contributed by atoms with Gasteiger partial charge in [0.15, 0.2) is 0 Å². The summed E-state index contributed by atoms with van der Waals surface area (Å²) < 4.78 is 11.2. The van der Waals surface area contributed by atoms with Crippen LogP contribution in [0.4, 0.5) is 0 Å². The molecular weight excluding hydrogens is 500 g/mol. The molecule has 0 saturated heterocycles. The van der Waals surface area contributed by atoms with Crippen LogP contribution in [0, 0.1) is 0 Å². The first kappa shape index (κ1) is 23.8. The number of ether oxygens (including phenoxy) is 2. The largest absolute Gasteiger partial charge is 0.480 e. The number of carbonyl (C=O) groups excluding carboxylic acids is 1. The topological polar surface area (TPSA) is 110 Å². The molecule has 2 aromatic rings. The van der Waals surface area contributed by atoms with E-state index in [9.17, 15) is 14.4 Å². The lowest BCUT2D eigenvalue weighted by Gasteiger charge is -2.06. The van der Waals surface area contributed by atoms with Crippen molar-refractivity contribution in [2.45, 2.75) is 20.6 Å². The Kier molecular flexibility index (Phi) is 9.30. The number of halogens is 2. The van der Waals surface area contributed by atoms with Gasteiger partial charge in [0.2, 0.25) is 0 Å². The van der Waals surface area contributed by atoms with E-state index in [2.05, 4.69) is 31.9 Å². The minimum atomic E-state index is -1.09. The number of benzene rings is 2. The summed E-state index contributed by atoms with van der Waals surface area (Å²) in [6, 6.07) is 10.3. The molecule has 1 heterocycles. The third kappa shape index (κ3) is 6.74. The van der Waals surface area contributed by atoms with E-state index < -0.39 is 18.5 Å². The normalized spacial score (nSPS) is 11.4. The summed E-state index contributed by atoms with van der Waals surface area (Å²) in [5.74, 6) is -2.38. The highest BCUT2D eigenvalue weighted by molar-refractivity contribution is 9.10. The average Bonchev–Trinajstić information content (AvgIpc) is 2.97. The van der Waals surface area contributed by atoms with Crippen molar-refractivity contribution in [2.24, 2.45) is 0 Å². The zero-order valence-corrected chi connectivity index (χ0v) is 16.9. The Hall–Kier alpha value is -2.23. The Morgan fingerprint density at radius 3 is 2.36 bits per heavy atom. The van der Waals surface area contributed by atoms with Gasteiger partial charge >= 0.3 is 17.9 Å². The summed E-state index contributed by atoms with van der Waals surface area (Å²) in [6.45, 7) is -0.0716. The molecule has 150 valence electrons. The molecule has 2 aromatic carbocycles. The van der Waals surface area contributed by atoms with Crippen LogP contribution in [-0.4, -0.2) is 34.7 Å². The smallest absolute Gasteiger partial charge is 0.338 e. The number of rotatable bonds is 5. The van der Waals surface area contributed by atoms with E-state index in [-0.39, 0.29) is 25.6 Å². The summed E-state index contributed by atoms with van der Waals surface area (Å²) in [5, 5.41) is 17.3. The fourth-order valence-corrected chi connectivity index (χ4v) is 2.93. The molecule has 0 aromatic heterocycles. The highest BCUT2D eigenvalue weighted by Crippen LogP contribution is 2.23. The first-order chi connectivity index (χ1) is 12.8. The molecule has 0 radical (unpaired) electrons. The molecule has 28 heavy (non-hydrogen) atoms. The Bertz CT molecular complexity index is 881. The number of aromatic carboxylic acids is 1. The highest BCUT2D eigenvalue weighted by Gasteiger charge is 2.20. The number of fused-ring (bicyclic) bond motifs is 1. The van der Waals surface area contributed by atoms with Crippen molar-refractivity contribution in [2.75, 3.05) is 6.61 Å². The molecule has 0 saturated carbocycles. The Morgan fingerprint density at radius 2 is 1.71 bits per heavy atom. The van der Waals surface area contributed by atoms with Gasteiger partial charge in [-0.3, -0.25) is 0 Å². The number of hydrogen-bond acceptors (Lipinski definition) is 5. The molecule has 1 aliphatic heterocycles. The van der Waals surface area contributed by atoms with Crippen molar-refractivity contribution in [1.82, 2.24) is 0 Å². The molecule has 0 fully saturated rings. The fraction of sp³-hybridized carbons (Fsp3) is 0.211. The Balaban J connectivity index is 0.000000285. The van der Waals surface area contributed by atoms with Crippen molar-refractivity contribution >= 4 is 49.8 Å². The summed E-state index contributed by atoms with van der Waals surface area (Å²) in [4.78, 5) is 32.1. The molecule has 9 heteroatoms. The van der Waals surface area contributed by atoms with Gasteiger partial charge < -0.3 is 19.7 Å². The maximum Gasteiger partial charge on any atom is 0.338 e. The molecule has 0 atom stereocenters. The van der Waals surface area contributed by atoms with Gasteiger partial charge in [0.05, 0.1) is 17.7 Å². The van der Waals surface area contributed by atoms with Crippen LogP contribution in [0.2, 0.25) is 0 Å². The zero-order valence-electron chi connectivity index (χ0n) is 13.8. The van der Waals surface area contributed by atoms with Crippen LogP contribution in [0.25, 0.3) is 0 Å². The highest BCUT2D eigenvalue weighted by atomic mass is 79.9. The van der Waals surface area contributed by atoms with Gasteiger partial charge in [-0.25, -0.2) is 14.4 Å². The summed E-state index contributed by atoms with van der Waals surface area (Å²) in [7, 11) is 0. The predicted octanol–water partition coefficient (Wildman–Crippen LogP) is 4.50. The van der Waals surface area contributed by atoms with E-state index in [1.807, 2.05) is 12.1 Å². The molecule has 0 spiro atoms. The van der Waals surface area contributed by atoms with Gasteiger partial charge in [0.25, 0.3) is 0 Å². The summed E-state index contributed by atoms with van der Waals surface area (Å²) in [6.07, 6.45) is 0. The lowest BCUT2D eigenvalue weighted by molar-refractivity contribution is -0.142. The van der Waals surface area contributed by atoms with Crippen molar-refractivity contribution in [1.29, 1.82) is 0 Å². The monoisotopic (exact) mass is 516 g/mol. The molecule has 0 unspecified atom stereocenters. The number of hydrogen-bond donors (Lipinski definition) is 2. The minimum Gasteiger partial charge on any atom is -0.480 e. The summed E-state index contributed by atoms with van der Waals surface area (Å²) >= 11 is 6.44. The molecule has 1 aliphatic rings. The Labute approximate surface area is 178 Å². The SMILES string of the molecule is C.O=C(O)COCc1ccc(Br)cc1C(=O)O.O=C1OCc2ccc(Br)cc21. The van der Waals surface area contributed by atoms with Crippen LogP contribution >= 0.6 is 31.9 Å². The van der Waals surface area contributed by atoms with Crippen LogP contribution in [0.15, 0.2) is 45.3 Å². The number of carbonyl (C=O) groups is 3. The van der Waals surface area contributed by atoms with Gasteiger partial charge in [-0.1, -0.05) is 51.4 Å². The van der Waals surface area contributed by atoms with Crippen LogP contribution in [0.3, 0.4) is 0 Å². The van der Waals surface area contributed by atoms with Gasteiger partial charge in [0.1, 0.15) is 13.2 Å². The van der Waals surface area contributed by atoms with Crippen LogP contribution in [0.5, 0.6) is 0 Å². The Morgan fingerprint density at radius 1 is 1.07 bits per heavy atom. The second kappa shape index (κ2) is 10.9. The van der Waals surface area contributed by atoms with Crippen molar-refractivity contribution in [3.8, 4) is 0 Å². The first-order valence-electron chi connectivity index (χ1n) is 7.54. The predicted molar refractivity (Wildman–Crippen MR) is 108 cm³/mol. The molecule has 0 amide bonds. The van der Waals surface area contributed by atoms with Gasteiger partial charge in [-0.15, -0.1) is 0 Å². The van der Waals surface area contributed by atoms with Gasteiger partial charge in [0, 0.05) is 14.5 Å². The first-order valence-corrected chi connectivity index (χ1v) is 9.13. The minimum absolute atomic E-state index is 0. The second-order valence-electron chi connectivity index (χ2n) is 5.37. The molecule has 2 N–H and O–H groups in total. The second-order valence-corrected chi connectivity index (χ2v) is 7.20. The van der Waals surface area contributed by atoms with Crippen molar-refractivity contribution < 1.29 is 34.1 Å². The van der Waals surface area contributed by atoms with Crippen molar-refractivity contribution in [3.63, 3.8) is 0 Å². The third-order valence-corrected chi connectivity index (χ3v) is 4.42. The molecule has 3 rings (SSSR count). The quantitative estimate of drug-likeness (QED) is 0.561. The third-order valence-electron chi connectivity index (χ3n) is 3.44. The number of carboxylic acids is 2. The maximum absolute atomic E-state index is 11.0. The number of aliphatic carboxylic acids is 1. The standard InChI is InChI=1S/C10H9BrO5.C8H5BrO2.CH4/c11-7-2-1-6(4-16-5-9(12)13)8(3-7)10(14)15;9-6-2-1-5-4-11-8(10)7(5)3-6;/h1-3H,4-5H2,(H,12,13)(H,14,15);1-3H,4H2;1H4. The van der Waals surface area contributed by atoms with E-state index in [0.29, 0.717) is 22.2 Å². The average molecular weight is 518 g/mol. The van der Waals surface area contributed by atoms with Crippen molar-refractivity contribution in [3.05, 3.63) is 67.6 Å². The fourth-order valence-electron chi connectivity index (χ4n) is 2.21. The maximum atomic E-state index is 11.0. The molecular formula is C19H18Br2O7. The number of esters is 1. The van der Waals surface area contributed by atoms with E-state index >= 15 is 0 Å². The van der Waals surface area contributed by atoms with Gasteiger partial charge in [-0.2, -0.15) is 0 Å². The van der Waals surface area contributed by atoms with E-state index in [1.165, 1.54) is 6.07 Å². The zero-order chi connectivity index (χ0) is 20.0. The van der Waals surface area contributed by atoms with E-state index in [4.69, 9.17) is 19.7 Å². The molecule has 0 aliphatic carbocycles. The lowest BCUT2D eigenvalue weighted by Crippen LogP contribution is -2.09. The number of carboxylic acid groups (broad SMARTS) is 2. The van der Waals surface area contributed by atoms with Crippen LogP contribution in [0.1, 0.15) is 39.3 Å². The van der Waals surface area contributed by atoms with Crippen LogP contribution < -0.4 is 0 Å². The van der Waals surface area contributed by atoms with E-state index in [0.717, 1.165) is 10.0 Å². The number of cyclic esters (lactones) is 1. The van der Waals surface area contributed by atoms with E-state index in [1.54, 1.807) is 18.2 Å². The van der Waals surface area contributed by atoms with Gasteiger partial charge in [-0.05, 0) is 29.8 Å². The lowest BCUT2D eigenvalue weighted by atomic mass is 10.1. The summed E-state index contributed by atoms with van der Waals surface area (Å²) in [5.41, 5.74) is 2.19.